The van der Waals surface area contributed by atoms with Gasteiger partial charge in [0, 0.05) is 13.2 Å². The number of nitrogens with one attached hydrogen (secondary N) is 1. The first-order valence-corrected chi connectivity index (χ1v) is 8.22. The van der Waals surface area contributed by atoms with Gasteiger partial charge in [-0.2, -0.15) is 5.10 Å². The lowest BCUT2D eigenvalue weighted by Gasteiger charge is -2.10. The van der Waals surface area contributed by atoms with Crippen molar-refractivity contribution in [2.75, 3.05) is 19.5 Å². The van der Waals surface area contributed by atoms with Crippen molar-refractivity contribution in [2.24, 2.45) is 7.05 Å². The molecule has 150 valence electrons. The van der Waals surface area contributed by atoms with E-state index in [1.807, 2.05) is 0 Å². The van der Waals surface area contributed by atoms with Gasteiger partial charge in [-0.05, 0) is 24.3 Å². The summed E-state index contributed by atoms with van der Waals surface area (Å²) in [6.45, 7) is 0. The van der Waals surface area contributed by atoms with Crippen LogP contribution < -0.4 is 14.8 Å². The first-order chi connectivity index (χ1) is 13.9. The van der Waals surface area contributed by atoms with E-state index in [0.717, 1.165) is 6.20 Å². The summed E-state index contributed by atoms with van der Waals surface area (Å²) in [5.41, 5.74) is -0.862. The number of hydrogen-bond donors (Lipinski definition) is 1. The van der Waals surface area contributed by atoms with Crippen molar-refractivity contribution in [3.63, 3.8) is 0 Å². The van der Waals surface area contributed by atoms with E-state index in [0.29, 0.717) is 17.1 Å². The summed E-state index contributed by atoms with van der Waals surface area (Å²) < 4.78 is 25.5. The maximum atomic E-state index is 13.8. The maximum Gasteiger partial charge on any atom is 0.328 e. The fraction of sp³-hybridized carbons (Fsp3) is 0.167. The van der Waals surface area contributed by atoms with Gasteiger partial charge in [0.2, 0.25) is 5.69 Å². The van der Waals surface area contributed by atoms with E-state index in [4.69, 9.17) is 9.47 Å². The summed E-state index contributed by atoms with van der Waals surface area (Å²) in [4.78, 5) is 27.3. The minimum Gasteiger partial charge on any atom is -0.497 e. The van der Waals surface area contributed by atoms with Crippen LogP contribution in [0.3, 0.4) is 0 Å². The zero-order chi connectivity index (χ0) is 21.1. The van der Waals surface area contributed by atoms with Crippen molar-refractivity contribution in [1.29, 1.82) is 0 Å². The highest BCUT2D eigenvalue weighted by molar-refractivity contribution is 6.07. The number of carbonyl (C=O) groups excluding carboxylic acids is 1. The number of pyridine rings is 1. The van der Waals surface area contributed by atoms with E-state index in [1.165, 1.54) is 44.3 Å². The second kappa shape index (κ2) is 7.92. The number of amides is 1. The monoisotopic (exact) mass is 401 g/mol. The minimum atomic E-state index is -0.939. The van der Waals surface area contributed by atoms with Gasteiger partial charge in [-0.3, -0.25) is 24.6 Å². The molecule has 11 heteroatoms. The summed E-state index contributed by atoms with van der Waals surface area (Å²) in [6.07, 6.45) is 2.19. The summed E-state index contributed by atoms with van der Waals surface area (Å²) in [5, 5.41) is 18.1. The van der Waals surface area contributed by atoms with E-state index < -0.39 is 28.0 Å². The predicted molar refractivity (Wildman–Crippen MR) is 101 cm³/mol. The highest BCUT2D eigenvalue weighted by Gasteiger charge is 2.33. The van der Waals surface area contributed by atoms with Crippen LogP contribution in [-0.2, 0) is 7.05 Å². The van der Waals surface area contributed by atoms with Gasteiger partial charge in [-0.25, -0.2) is 4.39 Å². The smallest absolute Gasteiger partial charge is 0.328 e. The Morgan fingerprint density at radius 2 is 2.03 bits per heavy atom. The lowest BCUT2D eigenvalue weighted by Crippen LogP contribution is -2.15. The normalized spacial score (nSPS) is 10.5. The third-order valence-corrected chi connectivity index (χ3v) is 4.10. The van der Waals surface area contributed by atoms with E-state index >= 15 is 0 Å². The molecular formula is C18H16FN5O5. The van der Waals surface area contributed by atoms with Gasteiger partial charge in [-0.15, -0.1) is 0 Å². The molecule has 0 aliphatic carbocycles. The Labute approximate surface area is 164 Å². The first-order valence-electron chi connectivity index (χ1n) is 8.22. The molecule has 3 rings (SSSR count). The van der Waals surface area contributed by atoms with Crippen LogP contribution in [0.5, 0.6) is 11.5 Å². The van der Waals surface area contributed by atoms with Crippen LogP contribution in [0.1, 0.15) is 10.5 Å². The number of aryl methyl sites for hydroxylation is 1. The fourth-order valence-electron chi connectivity index (χ4n) is 2.80. The van der Waals surface area contributed by atoms with Gasteiger partial charge >= 0.3 is 5.69 Å². The van der Waals surface area contributed by atoms with Crippen molar-refractivity contribution in [3.05, 3.63) is 58.3 Å². The number of rotatable bonds is 6. The Hall–Kier alpha value is -4.02. The van der Waals surface area contributed by atoms with Gasteiger partial charge in [0.05, 0.1) is 36.6 Å². The zero-order valence-electron chi connectivity index (χ0n) is 15.7. The molecule has 0 spiro atoms. The number of carbonyl (C=O) groups is 1. The van der Waals surface area contributed by atoms with Gasteiger partial charge in [-0.1, -0.05) is 0 Å². The van der Waals surface area contributed by atoms with Crippen LogP contribution >= 0.6 is 0 Å². The largest absolute Gasteiger partial charge is 0.497 e. The molecule has 0 aliphatic rings. The Kier molecular flexibility index (Phi) is 5.39. The quantitative estimate of drug-likeness (QED) is 0.498. The fourth-order valence-corrected chi connectivity index (χ4v) is 2.80. The molecule has 0 aliphatic heterocycles. The van der Waals surface area contributed by atoms with Crippen molar-refractivity contribution in [1.82, 2.24) is 14.8 Å². The van der Waals surface area contributed by atoms with E-state index in [-0.39, 0.29) is 11.4 Å². The molecule has 10 nitrogen and oxygen atoms in total. The van der Waals surface area contributed by atoms with Crippen LogP contribution in [0.4, 0.5) is 15.8 Å². The third kappa shape index (κ3) is 3.70. The molecule has 0 unspecified atom stereocenters. The van der Waals surface area contributed by atoms with Crippen LogP contribution in [0, 0.1) is 15.9 Å². The molecule has 0 saturated carbocycles. The van der Waals surface area contributed by atoms with E-state index in [2.05, 4.69) is 15.4 Å². The van der Waals surface area contributed by atoms with Crippen LogP contribution in [0.2, 0.25) is 0 Å². The standard InChI is InChI=1S/C18H16FN5O5/c1-23-16(11-8-10(28-2)4-5-14(11)29-3)17(24(26)27)15(22-23)18(25)21-13-6-7-20-9-12(13)19/h4-9H,1-3H3,(H,20,21,25). The number of ether oxygens (including phenoxy) is 2. The minimum absolute atomic E-state index is 0.0334. The highest BCUT2D eigenvalue weighted by atomic mass is 19.1. The van der Waals surface area contributed by atoms with E-state index in [9.17, 15) is 19.3 Å². The summed E-state index contributed by atoms with van der Waals surface area (Å²) >= 11 is 0. The van der Waals surface area contributed by atoms with Crippen LogP contribution in [0.25, 0.3) is 11.3 Å². The van der Waals surface area contributed by atoms with Gasteiger partial charge in [0.25, 0.3) is 5.91 Å². The molecule has 0 fully saturated rings. The molecule has 0 atom stereocenters. The number of aromatic nitrogens is 3. The first kappa shape index (κ1) is 19.7. The molecule has 2 heterocycles. The number of anilines is 1. The zero-order valence-corrected chi connectivity index (χ0v) is 15.7. The number of benzene rings is 1. The van der Waals surface area contributed by atoms with Crippen molar-refractivity contribution in [3.8, 4) is 22.8 Å². The second-order valence-electron chi connectivity index (χ2n) is 5.80. The topological polar surface area (TPSA) is 121 Å². The number of hydrogen-bond acceptors (Lipinski definition) is 7. The van der Waals surface area contributed by atoms with Crippen LogP contribution in [-0.4, -0.2) is 39.8 Å². The molecule has 3 aromatic rings. The summed E-state index contributed by atoms with van der Waals surface area (Å²) in [5.74, 6) is -0.968. The molecule has 2 aromatic heterocycles. The maximum absolute atomic E-state index is 13.8. The molecule has 0 bridgehead atoms. The molecular weight excluding hydrogens is 385 g/mol. The Bertz CT molecular complexity index is 1100. The van der Waals surface area contributed by atoms with Gasteiger partial charge in [0.15, 0.2) is 11.5 Å². The number of halogens is 1. The highest BCUT2D eigenvalue weighted by Crippen LogP contribution is 2.40. The van der Waals surface area contributed by atoms with Crippen LogP contribution in [0.15, 0.2) is 36.7 Å². The van der Waals surface area contributed by atoms with Gasteiger partial charge in [0.1, 0.15) is 11.5 Å². The molecule has 1 N–H and O–H groups in total. The van der Waals surface area contributed by atoms with Crippen molar-refractivity contribution >= 4 is 17.3 Å². The Morgan fingerprint density at radius 3 is 2.66 bits per heavy atom. The molecule has 1 amide bonds. The average Bonchev–Trinajstić information content (AvgIpc) is 3.06. The van der Waals surface area contributed by atoms with Crippen molar-refractivity contribution < 1.29 is 23.6 Å². The third-order valence-electron chi connectivity index (χ3n) is 4.10. The molecule has 29 heavy (non-hydrogen) atoms. The lowest BCUT2D eigenvalue weighted by atomic mass is 10.1. The molecule has 0 radical (unpaired) electrons. The SMILES string of the molecule is COc1ccc(OC)c(-c2c([N+](=O)[O-])c(C(=O)Nc3ccncc3F)nn2C)c1. The summed E-state index contributed by atoms with van der Waals surface area (Å²) in [6, 6.07) is 5.97. The Morgan fingerprint density at radius 1 is 1.28 bits per heavy atom. The number of methoxy groups -OCH3 is 2. The lowest BCUT2D eigenvalue weighted by molar-refractivity contribution is -0.384. The summed E-state index contributed by atoms with van der Waals surface area (Å²) in [7, 11) is 4.31. The van der Waals surface area contributed by atoms with Crippen molar-refractivity contribution in [2.45, 2.75) is 0 Å². The number of nitro groups is 1. The molecule has 1 aromatic carbocycles. The predicted octanol–water partition coefficient (Wildman–Crippen LogP) is 2.80. The second-order valence-corrected chi connectivity index (χ2v) is 5.80. The average molecular weight is 401 g/mol. The molecule has 0 saturated heterocycles. The van der Waals surface area contributed by atoms with E-state index in [1.54, 1.807) is 12.1 Å². The Balaban J connectivity index is 2.15. The number of nitrogens with zero attached hydrogens (tertiary/aromatic N) is 4. The van der Waals surface area contributed by atoms with Gasteiger partial charge < -0.3 is 14.8 Å².